The summed E-state index contributed by atoms with van der Waals surface area (Å²) in [5.41, 5.74) is 2.29. The number of para-hydroxylation sites is 1. The van der Waals surface area contributed by atoms with Crippen molar-refractivity contribution in [2.24, 2.45) is 0 Å². The van der Waals surface area contributed by atoms with Gasteiger partial charge in [0.05, 0.1) is 23.9 Å². The van der Waals surface area contributed by atoms with E-state index in [1.807, 2.05) is 36.4 Å². The van der Waals surface area contributed by atoms with E-state index in [-0.39, 0.29) is 19.4 Å². The summed E-state index contributed by atoms with van der Waals surface area (Å²) in [6.45, 7) is 3.89. The molecular formula is C21H20N2O5. The van der Waals surface area contributed by atoms with E-state index in [2.05, 4.69) is 5.32 Å². The number of nitrogens with zero attached hydrogens (tertiary/aromatic N) is 1. The first kappa shape index (κ1) is 17.9. The number of hydrogen-bond donors (Lipinski definition) is 1. The Morgan fingerprint density at radius 1 is 1.18 bits per heavy atom. The number of allylic oxidation sites excluding steroid dienone is 1. The van der Waals surface area contributed by atoms with Crippen molar-refractivity contribution in [3.8, 4) is 11.5 Å². The molecule has 0 saturated heterocycles. The zero-order valence-corrected chi connectivity index (χ0v) is 15.6. The molecule has 0 spiro atoms. The molecule has 2 aliphatic heterocycles. The number of ether oxygens (including phenoxy) is 3. The minimum absolute atomic E-state index is 0.150. The molecule has 0 bridgehead atoms. The van der Waals surface area contributed by atoms with Crippen LogP contribution in [0.2, 0.25) is 0 Å². The summed E-state index contributed by atoms with van der Waals surface area (Å²) in [5, 5.41) is 2.92. The highest BCUT2D eigenvalue weighted by Crippen LogP contribution is 2.39. The van der Waals surface area contributed by atoms with Crippen molar-refractivity contribution in [3.05, 3.63) is 65.4 Å². The van der Waals surface area contributed by atoms with Gasteiger partial charge in [-0.1, -0.05) is 24.3 Å². The highest BCUT2D eigenvalue weighted by Gasteiger charge is 2.37. The maximum Gasteiger partial charge on any atom is 0.338 e. The smallest absolute Gasteiger partial charge is 0.338 e. The van der Waals surface area contributed by atoms with Crippen LogP contribution in [0.1, 0.15) is 25.5 Å². The van der Waals surface area contributed by atoms with E-state index in [4.69, 9.17) is 14.2 Å². The van der Waals surface area contributed by atoms with Crippen molar-refractivity contribution in [1.29, 1.82) is 0 Å². The number of urea groups is 1. The normalized spacial score (nSPS) is 18.1. The van der Waals surface area contributed by atoms with Crippen molar-refractivity contribution < 1.29 is 23.8 Å². The molecule has 2 heterocycles. The second-order valence-corrected chi connectivity index (χ2v) is 6.39. The highest BCUT2D eigenvalue weighted by atomic mass is 16.7. The quantitative estimate of drug-likeness (QED) is 0.821. The number of fused-ring (bicyclic) bond motifs is 1. The predicted octanol–water partition coefficient (Wildman–Crippen LogP) is 3.52. The molecule has 144 valence electrons. The molecule has 7 heteroatoms. The SMILES string of the molecule is CCOC(=O)C1=C(C)N(c2ccccc2)C(=O)N[C@H]1c1ccc2c(c1)OCO2. The lowest BCUT2D eigenvalue weighted by atomic mass is 9.94. The molecule has 0 aliphatic carbocycles. The average molecular weight is 380 g/mol. The van der Waals surface area contributed by atoms with Gasteiger partial charge in [-0.25, -0.2) is 9.59 Å². The molecule has 2 aromatic carbocycles. The van der Waals surface area contributed by atoms with Crippen LogP contribution in [-0.2, 0) is 9.53 Å². The van der Waals surface area contributed by atoms with Gasteiger partial charge in [0, 0.05) is 5.70 Å². The van der Waals surface area contributed by atoms with Crippen molar-refractivity contribution in [2.75, 3.05) is 18.3 Å². The lowest BCUT2D eigenvalue weighted by molar-refractivity contribution is -0.139. The third-order valence-electron chi connectivity index (χ3n) is 4.72. The summed E-state index contributed by atoms with van der Waals surface area (Å²) in [4.78, 5) is 27.2. The number of carbonyl (C=O) groups is 2. The average Bonchev–Trinajstić information content (AvgIpc) is 3.16. The third kappa shape index (κ3) is 3.05. The van der Waals surface area contributed by atoms with Gasteiger partial charge in [-0.05, 0) is 43.7 Å². The number of carbonyl (C=O) groups excluding carboxylic acids is 2. The lowest BCUT2D eigenvalue weighted by Crippen LogP contribution is -2.48. The molecule has 2 aromatic rings. The molecule has 4 rings (SSSR count). The number of esters is 1. The molecule has 0 saturated carbocycles. The van der Waals surface area contributed by atoms with Gasteiger partial charge in [0.2, 0.25) is 6.79 Å². The van der Waals surface area contributed by atoms with Gasteiger partial charge in [0.1, 0.15) is 0 Å². The number of hydrogen-bond acceptors (Lipinski definition) is 5. The van der Waals surface area contributed by atoms with Gasteiger partial charge in [-0.15, -0.1) is 0 Å². The molecule has 2 amide bonds. The molecule has 1 atom stereocenters. The lowest BCUT2D eigenvalue weighted by Gasteiger charge is -2.35. The molecule has 1 N–H and O–H groups in total. The van der Waals surface area contributed by atoms with E-state index < -0.39 is 12.0 Å². The van der Waals surface area contributed by atoms with E-state index in [0.717, 1.165) is 0 Å². The zero-order chi connectivity index (χ0) is 19.7. The molecular weight excluding hydrogens is 360 g/mol. The van der Waals surface area contributed by atoms with Crippen LogP contribution in [0.4, 0.5) is 10.5 Å². The number of nitrogens with one attached hydrogen (secondary N) is 1. The summed E-state index contributed by atoms with van der Waals surface area (Å²) < 4.78 is 16.1. The van der Waals surface area contributed by atoms with Gasteiger partial charge >= 0.3 is 12.0 Å². The minimum atomic E-state index is -0.652. The Morgan fingerprint density at radius 2 is 1.93 bits per heavy atom. The van der Waals surface area contributed by atoms with E-state index in [9.17, 15) is 9.59 Å². The second-order valence-electron chi connectivity index (χ2n) is 6.39. The van der Waals surface area contributed by atoms with E-state index in [1.165, 1.54) is 4.90 Å². The Labute approximate surface area is 162 Å². The fraction of sp³-hybridized carbons (Fsp3) is 0.238. The topological polar surface area (TPSA) is 77.1 Å². The standard InChI is InChI=1S/C21H20N2O5/c1-3-26-20(24)18-13(2)23(15-7-5-4-6-8-15)21(25)22-19(18)14-9-10-16-17(11-14)28-12-27-16/h4-11,19H,3,12H2,1-2H3,(H,22,25)/t19-/m0/s1. The van der Waals surface area contributed by atoms with Crippen LogP contribution in [0.5, 0.6) is 11.5 Å². The van der Waals surface area contributed by atoms with Crippen LogP contribution in [0.3, 0.4) is 0 Å². The van der Waals surface area contributed by atoms with Crippen molar-refractivity contribution in [3.63, 3.8) is 0 Å². The van der Waals surface area contributed by atoms with Crippen LogP contribution < -0.4 is 19.7 Å². The van der Waals surface area contributed by atoms with Crippen molar-refractivity contribution in [1.82, 2.24) is 5.32 Å². The molecule has 7 nitrogen and oxygen atoms in total. The van der Waals surface area contributed by atoms with E-state index >= 15 is 0 Å². The van der Waals surface area contributed by atoms with Crippen LogP contribution in [0, 0.1) is 0 Å². The number of benzene rings is 2. The fourth-order valence-corrected chi connectivity index (χ4v) is 3.45. The number of amides is 2. The van der Waals surface area contributed by atoms with E-state index in [0.29, 0.717) is 34.0 Å². The third-order valence-corrected chi connectivity index (χ3v) is 4.72. The maximum atomic E-state index is 12.9. The van der Waals surface area contributed by atoms with Gasteiger partial charge in [0.25, 0.3) is 0 Å². The fourth-order valence-electron chi connectivity index (χ4n) is 3.45. The van der Waals surface area contributed by atoms with Gasteiger partial charge in [-0.2, -0.15) is 0 Å². The van der Waals surface area contributed by atoms with Crippen molar-refractivity contribution in [2.45, 2.75) is 19.9 Å². The summed E-state index contributed by atoms with van der Waals surface area (Å²) in [6.07, 6.45) is 0. The summed E-state index contributed by atoms with van der Waals surface area (Å²) in [7, 11) is 0. The summed E-state index contributed by atoms with van der Waals surface area (Å²) >= 11 is 0. The Kier molecular flexibility index (Phi) is 4.65. The zero-order valence-electron chi connectivity index (χ0n) is 15.6. The van der Waals surface area contributed by atoms with Crippen LogP contribution >= 0.6 is 0 Å². The Morgan fingerprint density at radius 3 is 2.68 bits per heavy atom. The van der Waals surface area contributed by atoms with Crippen LogP contribution in [0.25, 0.3) is 0 Å². The summed E-state index contributed by atoms with van der Waals surface area (Å²) in [6, 6.07) is 13.5. The number of anilines is 1. The van der Waals surface area contributed by atoms with E-state index in [1.54, 1.807) is 26.0 Å². The highest BCUT2D eigenvalue weighted by molar-refractivity contribution is 6.03. The Hall–Kier alpha value is -3.48. The monoisotopic (exact) mass is 380 g/mol. The molecule has 0 aromatic heterocycles. The predicted molar refractivity (Wildman–Crippen MR) is 102 cm³/mol. The molecule has 28 heavy (non-hydrogen) atoms. The molecule has 0 fully saturated rings. The second kappa shape index (κ2) is 7.26. The number of rotatable bonds is 4. The Balaban J connectivity index is 1.81. The van der Waals surface area contributed by atoms with Gasteiger partial charge in [0.15, 0.2) is 11.5 Å². The summed E-state index contributed by atoms with van der Waals surface area (Å²) in [5.74, 6) is 0.747. The Bertz CT molecular complexity index is 955. The first-order valence-corrected chi connectivity index (χ1v) is 9.03. The van der Waals surface area contributed by atoms with Gasteiger partial charge < -0.3 is 19.5 Å². The first-order chi connectivity index (χ1) is 13.6. The minimum Gasteiger partial charge on any atom is -0.463 e. The molecule has 2 aliphatic rings. The molecule has 0 radical (unpaired) electrons. The van der Waals surface area contributed by atoms with Crippen LogP contribution in [0.15, 0.2) is 59.8 Å². The first-order valence-electron chi connectivity index (χ1n) is 9.03. The van der Waals surface area contributed by atoms with Crippen LogP contribution in [-0.4, -0.2) is 25.4 Å². The largest absolute Gasteiger partial charge is 0.463 e. The van der Waals surface area contributed by atoms with Crippen molar-refractivity contribution >= 4 is 17.7 Å². The maximum absolute atomic E-state index is 12.9. The van der Waals surface area contributed by atoms with Gasteiger partial charge in [-0.3, -0.25) is 4.90 Å². The molecule has 0 unspecified atom stereocenters.